The molecule has 0 spiro atoms. The molecule has 4 rings (SSSR count). The summed E-state index contributed by atoms with van der Waals surface area (Å²) in [5.41, 5.74) is 0.991. The predicted molar refractivity (Wildman–Crippen MR) is 74.3 cm³/mol. The summed E-state index contributed by atoms with van der Waals surface area (Å²) in [6, 6.07) is 2.47. The molecule has 0 radical (unpaired) electrons. The van der Waals surface area contributed by atoms with E-state index in [4.69, 9.17) is 4.42 Å². The largest absolute Gasteiger partial charge is 0.450 e. The van der Waals surface area contributed by atoms with E-state index in [0.717, 1.165) is 32.2 Å². The number of benzene rings is 1. The Morgan fingerprint density at radius 1 is 1.14 bits per heavy atom. The lowest BCUT2D eigenvalue weighted by Crippen LogP contribution is -2.43. The van der Waals surface area contributed by atoms with E-state index in [1.807, 2.05) is 0 Å². The molecule has 21 heavy (non-hydrogen) atoms. The van der Waals surface area contributed by atoms with Gasteiger partial charge in [-0.3, -0.25) is 0 Å². The molecular formula is C14H12F2N4O. The van der Waals surface area contributed by atoms with E-state index in [2.05, 4.69) is 20.2 Å². The van der Waals surface area contributed by atoms with E-state index in [1.165, 1.54) is 12.4 Å². The number of piperazine rings is 1. The highest BCUT2D eigenvalue weighted by Crippen LogP contribution is 2.34. The maximum atomic E-state index is 14.0. The fraction of sp³-hybridized carbons (Fsp3) is 0.286. The molecule has 1 saturated heterocycles. The van der Waals surface area contributed by atoms with Gasteiger partial charge in [0.05, 0.1) is 5.39 Å². The third-order valence-electron chi connectivity index (χ3n) is 3.71. The summed E-state index contributed by atoms with van der Waals surface area (Å²) in [5, 5.41) is 3.32. The first-order valence-electron chi connectivity index (χ1n) is 6.72. The van der Waals surface area contributed by atoms with Crippen LogP contribution in [0.1, 0.15) is 0 Å². The molecule has 0 bridgehead atoms. The maximum Gasteiger partial charge on any atom is 0.196 e. The van der Waals surface area contributed by atoms with Crippen molar-refractivity contribution < 1.29 is 13.2 Å². The SMILES string of the molecule is Fc1ccc2oc3c(N4CCNCC4)ncnc3c2c1F. The van der Waals surface area contributed by atoms with Crippen LogP contribution in [0.3, 0.4) is 0 Å². The highest BCUT2D eigenvalue weighted by atomic mass is 19.2. The zero-order valence-corrected chi connectivity index (χ0v) is 11.1. The second kappa shape index (κ2) is 4.63. The molecule has 0 saturated carbocycles. The number of halogens is 2. The lowest BCUT2D eigenvalue weighted by molar-refractivity contribution is 0.516. The minimum Gasteiger partial charge on any atom is -0.450 e. The zero-order chi connectivity index (χ0) is 14.4. The van der Waals surface area contributed by atoms with Crippen LogP contribution < -0.4 is 10.2 Å². The summed E-state index contributed by atoms with van der Waals surface area (Å²) in [6.45, 7) is 3.24. The molecule has 5 nitrogen and oxygen atoms in total. The first-order chi connectivity index (χ1) is 10.3. The highest BCUT2D eigenvalue weighted by Gasteiger charge is 2.22. The Labute approximate surface area is 118 Å². The number of rotatable bonds is 1. The van der Waals surface area contributed by atoms with Gasteiger partial charge in [-0.15, -0.1) is 0 Å². The fourth-order valence-corrected chi connectivity index (χ4v) is 2.69. The molecule has 1 aliphatic heterocycles. The average Bonchev–Trinajstić information content (AvgIpc) is 2.91. The van der Waals surface area contributed by atoms with Crippen LogP contribution in [0.2, 0.25) is 0 Å². The van der Waals surface area contributed by atoms with Crippen LogP contribution in [-0.4, -0.2) is 36.1 Å². The average molecular weight is 290 g/mol. The van der Waals surface area contributed by atoms with Gasteiger partial charge in [0, 0.05) is 26.2 Å². The summed E-state index contributed by atoms with van der Waals surface area (Å²) in [4.78, 5) is 10.4. The molecule has 0 atom stereocenters. The summed E-state index contributed by atoms with van der Waals surface area (Å²) >= 11 is 0. The number of aromatic nitrogens is 2. The van der Waals surface area contributed by atoms with Crippen molar-refractivity contribution in [3.8, 4) is 0 Å². The Bertz CT molecular complexity index is 827. The molecule has 1 aromatic carbocycles. The van der Waals surface area contributed by atoms with Crippen LogP contribution in [0.5, 0.6) is 0 Å². The summed E-state index contributed by atoms with van der Waals surface area (Å²) in [7, 11) is 0. The Balaban J connectivity index is 1.99. The van der Waals surface area contributed by atoms with Gasteiger partial charge in [0.15, 0.2) is 23.0 Å². The predicted octanol–water partition coefficient (Wildman–Crippen LogP) is 2.06. The van der Waals surface area contributed by atoms with Crippen molar-refractivity contribution in [1.29, 1.82) is 0 Å². The van der Waals surface area contributed by atoms with Gasteiger partial charge in [-0.1, -0.05) is 0 Å². The smallest absolute Gasteiger partial charge is 0.196 e. The maximum absolute atomic E-state index is 14.0. The molecule has 3 heterocycles. The van der Waals surface area contributed by atoms with Crippen molar-refractivity contribution in [2.75, 3.05) is 31.1 Å². The summed E-state index contributed by atoms with van der Waals surface area (Å²) in [6.07, 6.45) is 1.36. The topological polar surface area (TPSA) is 54.2 Å². The van der Waals surface area contributed by atoms with Gasteiger partial charge in [0.2, 0.25) is 0 Å². The van der Waals surface area contributed by atoms with E-state index in [1.54, 1.807) is 0 Å². The van der Waals surface area contributed by atoms with Gasteiger partial charge in [-0.2, -0.15) is 0 Å². The second-order valence-electron chi connectivity index (χ2n) is 4.95. The Kier molecular flexibility index (Phi) is 2.75. The van der Waals surface area contributed by atoms with Gasteiger partial charge in [0.25, 0.3) is 0 Å². The molecule has 1 aliphatic rings. The molecule has 1 N–H and O–H groups in total. The zero-order valence-electron chi connectivity index (χ0n) is 11.1. The minimum absolute atomic E-state index is 0.0729. The minimum atomic E-state index is -0.934. The first-order valence-corrected chi connectivity index (χ1v) is 6.72. The molecule has 2 aromatic heterocycles. The van der Waals surface area contributed by atoms with Gasteiger partial charge in [-0.05, 0) is 12.1 Å². The normalized spacial score (nSPS) is 16.0. The molecular weight excluding hydrogens is 278 g/mol. The van der Waals surface area contributed by atoms with Crippen molar-refractivity contribution in [1.82, 2.24) is 15.3 Å². The Morgan fingerprint density at radius 2 is 1.95 bits per heavy atom. The molecule has 0 aliphatic carbocycles. The molecule has 1 fully saturated rings. The molecule has 0 unspecified atom stereocenters. The van der Waals surface area contributed by atoms with E-state index in [-0.39, 0.29) is 11.0 Å². The molecule has 3 aromatic rings. The van der Waals surface area contributed by atoms with Crippen molar-refractivity contribution in [3.05, 3.63) is 30.1 Å². The quantitative estimate of drug-likeness (QED) is 0.743. The summed E-state index contributed by atoms with van der Waals surface area (Å²) < 4.78 is 33.1. The monoisotopic (exact) mass is 290 g/mol. The van der Waals surface area contributed by atoms with E-state index in [0.29, 0.717) is 16.9 Å². The molecule has 0 amide bonds. The van der Waals surface area contributed by atoms with Gasteiger partial charge in [-0.25, -0.2) is 18.7 Å². The Hall–Kier alpha value is -2.28. The molecule has 108 valence electrons. The van der Waals surface area contributed by atoms with E-state index in [9.17, 15) is 8.78 Å². The number of nitrogens with zero attached hydrogens (tertiary/aromatic N) is 3. The number of hydrogen-bond donors (Lipinski definition) is 1. The number of anilines is 1. The highest BCUT2D eigenvalue weighted by molar-refractivity contribution is 6.05. The van der Waals surface area contributed by atoms with E-state index < -0.39 is 11.6 Å². The third-order valence-corrected chi connectivity index (χ3v) is 3.71. The van der Waals surface area contributed by atoms with Crippen LogP contribution in [-0.2, 0) is 0 Å². The Morgan fingerprint density at radius 3 is 2.76 bits per heavy atom. The van der Waals surface area contributed by atoms with Crippen molar-refractivity contribution >= 4 is 27.9 Å². The van der Waals surface area contributed by atoms with E-state index >= 15 is 0 Å². The fourth-order valence-electron chi connectivity index (χ4n) is 2.69. The van der Waals surface area contributed by atoms with Crippen LogP contribution in [0.15, 0.2) is 22.9 Å². The van der Waals surface area contributed by atoms with Crippen LogP contribution in [0.25, 0.3) is 22.1 Å². The lowest BCUT2D eigenvalue weighted by Gasteiger charge is -2.27. The van der Waals surface area contributed by atoms with Crippen LogP contribution in [0.4, 0.5) is 14.6 Å². The van der Waals surface area contributed by atoms with Gasteiger partial charge >= 0.3 is 0 Å². The van der Waals surface area contributed by atoms with Gasteiger partial charge in [0.1, 0.15) is 17.4 Å². The number of nitrogens with one attached hydrogen (secondary N) is 1. The first kappa shape index (κ1) is 12.5. The van der Waals surface area contributed by atoms with Crippen LogP contribution in [0, 0.1) is 11.6 Å². The number of furan rings is 1. The standard InChI is InChI=1S/C14H12F2N4O/c15-8-1-2-9-10(11(8)16)12-13(21-9)14(19-7-18-12)20-5-3-17-4-6-20/h1-2,7,17H,3-6H2. The van der Waals surface area contributed by atoms with Gasteiger partial charge < -0.3 is 14.6 Å². The summed E-state index contributed by atoms with van der Waals surface area (Å²) in [5.74, 6) is -1.22. The molecule has 7 heteroatoms. The van der Waals surface area contributed by atoms with Crippen LogP contribution >= 0.6 is 0 Å². The lowest BCUT2D eigenvalue weighted by atomic mass is 10.2. The number of hydrogen-bond acceptors (Lipinski definition) is 5. The second-order valence-corrected chi connectivity index (χ2v) is 4.95. The third kappa shape index (κ3) is 1.84. The van der Waals surface area contributed by atoms with Crippen molar-refractivity contribution in [2.45, 2.75) is 0 Å². The number of fused-ring (bicyclic) bond motifs is 3. The van der Waals surface area contributed by atoms with Crippen molar-refractivity contribution in [3.63, 3.8) is 0 Å². The van der Waals surface area contributed by atoms with Crippen molar-refractivity contribution in [2.24, 2.45) is 0 Å².